The second-order valence-corrected chi connectivity index (χ2v) is 15.7. The van der Waals surface area contributed by atoms with Crippen molar-refractivity contribution in [3.05, 3.63) is 277 Å². The Balaban J connectivity index is 0.000000205. The van der Waals surface area contributed by atoms with Crippen LogP contribution in [-0.2, 0) is 18.4 Å². The molecule has 322 valence electrons. The molecule has 0 amide bonds. The monoisotopic (exact) mass is 856 g/mol. The summed E-state index contributed by atoms with van der Waals surface area (Å²) in [4.78, 5) is 4.66. The fourth-order valence-corrected chi connectivity index (χ4v) is 9.04. The van der Waals surface area contributed by atoms with Crippen LogP contribution in [0.15, 0.2) is 243 Å². The molecule has 4 nitrogen and oxygen atoms in total. The van der Waals surface area contributed by atoms with Crippen LogP contribution in [0, 0.1) is 5.41 Å². The zero-order valence-electron chi connectivity index (χ0n) is 37.2. The lowest BCUT2D eigenvalue weighted by molar-refractivity contribution is 0.360. The molecule has 0 radical (unpaired) electrons. The van der Waals surface area contributed by atoms with Crippen LogP contribution in [0.25, 0.3) is 33.0 Å². The zero-order chi connectivity index (χ0) is 45.7. The number of ether oxygens (including phenoxy) is 2. The summed E-state index contributed by atoms with van der Waals surface area (Å²) in [6.45, 7) is 12.1. The van der Waals surface area contributed by atoms with E-state index in [-0.39, 0.29) is 0 Å². The summed E-state index contributed by atoms with van der Waals surface area (Å²) >= 11 is 0. The minimum Gasteiger partial charge on any atom is -0.449 e. The van der Waals surface area contributed by atoms with Crippen molar-refractivity contribution in [1.29, 1.82) is 5.41 Å². The topological polar surface area (TPSA) is 54.7 Å². The molecule has 4 heteroatoms. The quantitative estimate of drug-likeness (QED) is 0.122. The highest BCUT2D eigenvalue weighted by atomic mass is 16.6. The van der Waals surface area contributed by atoms with Crippen molar-refractivity contribution in [2.75, 3.05) is 0 Å². The van der Waals surface area contributed by atoms with E-state index < -0.39 is 5.41 Å². The molecule has 1 aliphatic heterocycles. The zero-order valence-corrected chi connectivity index (χ0v) is 37.2. The third kappa shape index (κ3) is 8.78. The molecule has 11 rings (SSSR count). The molecule has 2 aliphatic rings. The van der Waals surface area contributed by atoms with Crippen LogP contribution in [0.2, 0.25) is 0 Å². The maximum atomic E-state index is 6.76. The molecule has 1 aliphatic carbocycles. The van der Waals surface area contributed by atoms with E-state index in [1.54, 1.807) is 12.2 Å². The second-order valence-electron chi connectivity index (χ2n) is 15.7. The molecule has 0 saturated heterocycles. The van der Waals surface area contributed by atoms with Gasteiger partial charge in [0.15, 0.2) is 23.0 Å². The molecule has 9 aromatic carbocycles. The Morgan fingerprint density at radius 3 is 1.74 bits per heavy atom. The summed E-state index contributed by atoms with van der Waals surface area (Å²) in [6, 6.07) is 74.5. The maximum absolute atomic E-state index is 6.76. The van der Waals surface area contributed by atoms with Gasteiger partial charge in [0, 0.05) is 11.8 Å². The summed E-state index contributed by atoms with van der Waals surface area (Å²) in [6.07, 6.45) is 6.25. The third-order valence-electron chi connectivity index (χ3n) is 11.9. The lowest BCUT2D eigenvalue weighted by Crippen LogP contribution is -2.28. The first-order valence-corrected chi connectivity index (χ1v) is 22.2. The van der Waals surface area contributed by atoms with E-state index in [1.807, 2.05) is 42.6 Å². The van der Waals surface area contributed by atoms with Crippen molar-refractivity contribution in [2.24, 2.45) is 4.99 Å². The predicted molar refractivity (Wildman–Crippen MR) is 277 cm³/mol. The van der Waals surface area contributed by atoms with Gasteiger partial charge in [0.1, 0.15) is 0 Å². The van der Waals surface area contributed by atoms with Crippen molar-refractivity contribution in [2.45, 2.75) is 25.3 Å². The lowest BCUT2D eigenvalue weighted by atomic mass is 9.68. The largest absolute Gasteiger partial charge is 0.449 e. The average Bonchev–Trinajstić information content (AvgIpc) is 3.71. The van der Waals surface area contributed by atoms with Gasteiger partial charge in [0.2, 0.25) is 0 Å². The van der Waals surface area contributed by atoms with Gasteiger partial charge in [-0.2, -0.15) is 0 Å². The number of rotatable bonds is 8. The number of nitrogens with zero attached hydrogens (tertiary/aromatic N) is 1. The molecule has 1 N–H and O–H groups in total. The molecule has 0 saturated carbocycles. The minimum atomic E-state index is -0.487. The molecule has 0 bridgehead atoms. The summed E-state index contributed by atoms with van der Waals surface area (Å²) in [5.41, 5.74) is 12.8. The Morgan fingerprint density at radius 2 is 1.09 bits per heavy atom. The molecule has 0 spiro atoms. The number of allylic oxidation sites excluding steroid dienone is 2. The molecule has 0 fully saturated rings. The molecular weight excluding hydrogens is 805 g/mol. The number of fused-ring (bicyclic) bond motifs is 7. The summed E-state index contributed by atoms with van der Waals surface area (Å²) in [5.74, 6) is 2.86. The molecule has 1 heterocycles. The molecule has 66 heavy (non-hydrogen) atoms. The molecule has 0 atom stereocenters. The van der Waals surface area contributed by atoms with Gasteiger partial charge in [-0.25, -0.2) is 0 Å². The van der Waals surface area contributed by atoms with Crippen molar-refractivity contribution < 1.29 is 9.47 Å². The van der Waals surface area contributed by atoms with Gasteiger partial charge in [0.25, 0.3) is 0 Å². The van der Waals surface area contributed by atoms with Crippen LogP contribution in [0.5, 0.6) is 23.0 Å². The van der Waals surface area contributed by atoms with Crippen LogP contribution in [0.4, 0.5) is 0 Å². The van der Waals surface area contributed by atoms with E-state index in [4.69, 9.17) is 14.9 Å². The number of benzene rings is 9. The number of aliphatic imine (C=N–C) groups is 1. The number of aryl methyl sites for hydroxylation is 1. The molecular formula is C62H52N2O2. The Hall–Kier alpha value is -8.34. The highest BCUT2D eigenvalue weighted by molar-refractivity contribution is 5.98. The fraction of sp³-hybridized carbons (Fsp3) is 0.0645. The van der Waals surface area contributed by atoms with Crippen LogP contribution in [0.3, 0.4) is 0 Å². The molecule has 0 aromatic heterocycles. The van der Waals surface area contributed by atoms with Crippen molar-refractivity contribution in [3.8, 4) is 45.3 Å². The number of nitrogens with one attached hydrogen (secondary N) is 1. The van der Waals surface area contributed by atoms with E-state index >= 15 is 0 Å². The Morgan fingerprint density at radius 1 is 0.515 bits per heavy atom. The van der Waals surface area contributed by atoms with Gasteiger partial charge >= 0.3 is 0 Å². The Bertz CT molecular complexity index is 3060. The summed E-state index contributed by atoms with van der Waals surface area (Å²) in [7, 11) is 0. The van der Waals surface area contributed by atoms with Crippen LogP contribution >= 0.6 is 0 Å². The smallest absolute Gasteiger partial charge is 0.178 e. The van der Waals surface area contributed by atoms with Gasteiger partial charge in [-0.3, -0.25) is 4.99 Å². The fourth-order valence-electron chi connectivity index (χ4n) is 9.04. The van der Waals surface area contributed by atoms with Crippen molar-refractivity contribution >= 4 is 23.7 Å². The van der Waals surface area contributed by atoms with Crippen LogP contribution < -0.4 is 9.47 Å². The first-order valence-electron chi connectivity index (χ1n) is 22.2. The predicted octanol–water partition coefficient (Wildman–Crippen LogP) is 16.3. The average molecular weight is 857 g/mol. The normalized spacial score (nSPS) is 12.1. The van der Waals surface area contributed by atoms with Crippen LogP contribution in [0.1, 0.15) is 45.9 Å². The van der Waals surface area contributed by atoms with Gasteiger partial charge in [-0.1, -0.05) is 220 Å². The Labute approximate surface area is 389 Å². The lowest BCUT2D eigenvalue weighted by Gasteiger charge is -2.34. The second kappa shape index (κ2) is 20.9. The maximum Gasteiger partial charge on any atom is 0.178 e. The van der Waals surface area contributed by atoms with E-state index in [1.165, 1.54) is 55.3 Å². The summed E-state index contributed by atoms with van der Waals surface area (Å²) < 4.78 is 13.2. The number of hydrogen-bond donors (Lipinski definition) is 1. The Kier molecular flexibility index (Phi) is 14.0. The minimum absolute atomic E-state index is 0.487. The molecule has 9 aromatic rings. The first-order chi connectivity index (χ1) is 32.6. The first kappa shape index (κ1) is 44.3. The number of hydrogen-bond acceptors (Lipinski definition) is 4. The van der Waals surface area contributed by atoms with E-state index in [9.17, 15) is 0 Å². The van der Waals surface area contributed by atoms with E-state index in [0.717, 1.165) is 34.6 Å². The van der Waals surface area contributed by atoms with Crippen LogP contribution in [-0.4, -0.2) is 12.9 Å². The standard InChI is InChI=1S/C39H27NO2.C18H16.C4H6.CH3N/c1-4-12-27(13-5-1)25-40-26-28-20-22-34-36(24-28)42-38-35(41-34)23-21-33-37(38)31-18-10-11-19-32(31)39(33,29-14-6-2-7-15-29)30-16-8-3-9-17-30;1-2-14-12-13-17(15-8-4-3-5-9-15)18-11-7-6-10-16(14)18;1-3-4-2;1-2/h1-24,26H,25H2;3-13H,2H2,1H3;3-4H,1-2H2;2H,1H2. The highest BCUT2D eigenvalue weighted by Gasteiger charge is 2.48. The SMILES string of the molecule is C(=NCc1ccccc1)c1ccc2c(c1)Oc1c(ccc3c1-c1ccccc1C3(c1ccccc1)c1ccccc1)O2.C=CC=C.C=N.CCc1ccc(-c2ccccc2)c2ccccc12. The highest BCUT2D eigenvalue weighted by Crippen LogP contribution is 2.62. The van der Waals surface area contributed by atoms with Crippen molar-refractivity contribution in [1.82, 2.24) is 0 Å². The van der Waals surface area contributed by atoms with Gasteiger partial charge < -0.3 is 14.9 Å². The van der Waals surface area contributed by atoms with E-state index in [2.05, 4.69) is 208 Å². The van der Waals surface area contributed by atoms with Crippen molar-refractivity contribution in [3.63, 3.8) is 0 Å². The van der Waals surface area contributed by atoms with E-state index in [0.29, 0.717) is 18.0 Å². The van der Waals surface area contributed by atoms with Gasteiger partial charge in [-0.05, 0) is 104 Å². The summed E-state index contributed by atoms with van der Waals surface area (Å²) in [5, 5.41) is 8.23. The third-order valence-corrected chi connectivity index (χ3v) is 11.9. The molecule has 0 unspecified atom stereocenters. The van der Waals surface area contributed by atoms with Gasteiger partial charge in [-0.15, -0.1) is 0 Å². The van der Waals surface area contributed by atoms with Gasteiger partial charge in [0.05, 0.1) is 12.0 Å².